The van der Waals surface area contributed by atoms with E-state index in [9.17, 15) is 0 Å². The molecule has 1 aromatic rings. The van der Waals surface area contributed by atoms with Gasteiger partial charge in [-0.05, 0) is 24.5 Å². The second kappa shape index (κ2) is 8.03. The van der Waals surface area contributed by atoms with Crippen LogP contribution in [0.3, 0.4) is 0 Å². The topological polar surface area (TPSA) is 12.9 Å². The van der Waals surface area contributed by atoms with Crippen molar-refractivity contribution in [1.29, 1.82) is 0 Å². The normalized spacial score (nSPS) is 9.08. The summed E-state index contributed by atoms with van der Waals surface area (Å²) in [5.41, 5.74) is 1.36. The molecule has 0 aromatic carbocycles. The van der Waals surface area contributed by atoms with E-state index in [1.807, 2.05) is 18.5 Å². The first kappa shape index (κ1) is 12.4. The first-order valence-electron chi connectivity index (χ1n) is 4.32. The Hall–Kier alpha value is 0.410. The van der Waals surface area contributed by atoms with Crippen molar-refractivity contribution in [3.63, 3.8) is 0 Å². The van der Waals surface area contributed by atoms with Crippen molar-refractivity contribution >= 4 is 37.7 Å². The van der Waals surface area contributed by atoms with Gasteiger partial charge in [0.25, 0.3) is 0 Å². The molecule has 1 nitrogen and oxygen atoms in total. The summed E-state index contributed by atoms with van der Waals surface area (Å²) in [6.07, 6.45) is 8.87. The molecule has 0 aliphatic rings. The number of unbranched alkanes of at least 4 members (excludes halogenated alkanes) is 2. The molecule has 0 spiro atoms. The average molecular weight is 191 g/mol. The maximum atomic E-state index is 4.06. The first-order valence-corrected chi connectivity index (χ1v) is 4.32. The fraction of sp³-hybridized carbons (Fsp3) is 0.500. The van der Waals surface area contributed by atoms with E-state index < -0.39 is 0 Å². The molecule has 0 saturated carbocycles. The number of hydrogen-bond acceptors (Lipinski definition) is 1. The second-order valence-electron chi connectivity index (χ2n) is 2.82. The van der Waals surface area contributed by atoms with Gasteiger partial charge in [-0.3, -0.25) is 4.98 Å². The minimum absolute atomic E-state index is 0. The van der Waals surface area contributed by atoms with E-state index in [1.165, 1.54) is 31.2 Å². The zero-order valence-corrected chi connectivity index (χ0v) is 10.0. The van der Waals surface area contributed by atoms with Crippen LogP contribution in [0.15, 0.2) is 24.5 Å². The van der Waals surface area contributed by atoms with Gasteiger partial charge in [0.2, 0.25) is 0 Å². The largest absolute Gasteiger partial charge is 2.00 e. The van der Waals surface area contributed by atoms with Gasteiger partial charge in [0.05, 0.1) is 0 Å². The van der Waals surface area contributed by atoms with E-state index in [-0.39, 0.29) is 40.6 Å². The van der Waals surface area contributed by atoms with Crippen LogP contribution in [0, 0.1) is 0 Å². The summed E-state index contributed by atoms with van der Waals surface area (Å²) >= 11 is 0. The molecular weight excluding hydrogens is 174 g/mol. The third-order valence-electron chi connectivity index (χ3n) is 1.79. The van der Waals surface area contributed by atoms with E-state index >= 15 is 0 Å². The first-order chi connectivity index (χ1) is 5.43. The van der Waals surface area contributed by atoms with Crippen molar-refractivity contribution in [3.8, 4) is 0 Å². The number of nitrogens with zero attached hydrogens (tertiary/aromatic N) is 1. The average Bonchev–Trinajstić information content (AvgIpc) is 2.07. The number of aromatic nitrogens is 1. The molecule has 0 bridgehead atoms. The van der Waals surface area contributed by atoms with Crippen molar-refractivity contribution in [1.82, 2.24) is 4.98 Å². The van der Waals surface area contributed by atoms with Gasteiger partial charge in [0, 0.05) is 12.4 Å². The Kier molecular flexibility index (Phi) is 8.30. The van der Waals surface area contributed by atoms with Crippen LogP contribution in [0.4, 0.5) is 0 Å². The number of hydrogen-bond donors (Lipinski definition) is 0. The van der Waals surface area contributed by atoms with Crippen LogP contribution in [0.1, 0.15) is 34.6 Å². The van der Waals surface area contributed by atoms with Crippen LogP contribution in [0.2, 0.25) is 0 Å². The van der Waals surface area contributed by atoms with Crippen molar-refractivity contribution in [2.24, 2.45) is 0 Å². The Bertz CT molecular complexity index is 195. The molecule has 0 saturated heterocycles. The minimum atomic E-state index is 0. The van der Waals surface area contributed by atoms with Crippen LogP contribution < -0.4 is 0 Å². The molecule has 1 aromatic heterocycles. The Labute approximate surface area is 108 Å². The van der Waals surface area contributed by atoms with Gasteiger partial charge < -0.3 is 2.85 Å². The summed E-state index contributed by atoms with van der Waals surface area (Å²) in [5.74, 6) is 0. The Morgan fingerprint density at radius 2 is 2.25 bits per heavy atom. The summed E-state index contributed by atoms with van der Waals surface area (Å²) in [4.78, 5) is 4.06. The summed E-state index contributed by atoms with van der Waals surface area (Å²) in [6, 6.07) is 4.14. The monoisotopic (exact) mass is 191 g/mol. The summed E-state index contributed by atoms with van der Waals surface area (Å²) in [5, 5.41) is 0. The quantitative estimate of drug-likeness (QED) is 0.526. The molecule has 1 rings (SSSR count). The zero-order valence-electron chi connectivity index (χ0n) is 9.79. The minimum Gasteiger partial charge on any atom is -1.00 e. The number of rotatable bonds is 4. The molecule has 0 radical (unpaired) electrons. The van der Waals surface area contributed by atoms with E-state index in [4.69, 9.17) is 0 Å². The molecule has 0 fully saturated rings. The molecule has 0 aliphatic heterocycles. The van der Waals surface area contributed by atoms with Crippen molar-refractivity contribution in [2.75, 3.05) is 0 Å². The maximum absolute atomic E-state index is 4.06. The van der Waals surface area contributed by atoms with Crippen LogP contribution in [-0.2, 0) is 6.42 Å². The Balaban J connectivity index is -0.000000403. The molecule has 1 heterocycles. The van der Waals surface area contributed by atoms with Gasteiger partial charge in [-0.1, -0.05) is 25.8 Å². The van der Waals surface area contributed by atoms with Gasteiger partial charge >= 0.3 is 37.7 Å². The van der Waals surface area contributed by atoms with E-state index in [0.717, 1.165) is 0 Å². The molecule has 12 heavy (non-hydrogen) atoms. The zero-order chi connectivity index (χ0) is 7.94. The van der Waals surface area contributed by atoms with Gasteiger partial charge in [-0.2, -0.15) is 0 Å². The predicted octanol–water partition coefficient (Wildman–Crippen LogP) is 2.66. The predicted molar refractivity (Wildman–Crippen MR) is 55.4 cm³/mol. The van der Waals surface area contributed by atoms with Gasteiger partial charge in [-0.15, -0.1) is 0 Å². The second-order valence-corrected chi connectivity index (χ2v) is 2.82. The molecule has 0 amide bonds. The molecule has 2 heteroatoms. The molecule has 0 N–H and O–H groups in total. The molecule has 0 unspecified atom stereocenters. The van der Waals surface area contributed by atoms with Gasteiger partial charge in [0.1, 0.15) is 0 Å². The Morgan fingerprint density at radius 1 is 1.42 bits per heavy atom. The number of pyridine rings is 1. The van der Waals surface area contributed by atoms with Gasteiger partial charge in [-0.25, -0.2) is 0 Å². The fourth-order valence-corrected chi connectivity index (χ4v) is 1.13. The molecular formula is C10H17CaN. The van der Waals surface area contributed by atoms with E-state index in [0.29, 0.717) is 0 Å². The van der Waals surface area contributed by atoms with Crippen molar-refractivity contribution < 1.29 is 2.85 Å². The smallest absolute Gasteiger partial charge is 1.00 e. The maximum Gasteiger partial charge on any atom is 2.00 e. The fourth-order valence-electron chi connectivity index (χ4n) is 1.13. The molecule has 0 atom stereocenters. The molecule has 64 valence electrons. The van der Waals surface area contributed by atoms with Crippen LogP contribution in [0.5, 0.6) is 0 Å². The summed E-state index contributed by atoms with van der Waals surface area (Å²) < 4.78 is 0. The summed E-state index contributed by atoms with van der Waals surface area (Å²) in [7, 11) is 0. The van der Waals surface area contributed by atoms with Crippen LogP contribution >= 0.6 is 0 Å². The van der Waals surface area contributed by atoms with Crippen LogP contribution in [0.25, 0.3) is 0 Å². The van der Waals surface area contributed by atoms with E-state index in [1.54, 1.807) is 0 Å². The van der Waals surface area contributed by atoms with Crippen molar-refractivity contribution in [3.05, 3.63) is 30.1 Å². The van der Waals surface area contributed by atoms with Crippen molar-refractivity contribution in [2.45, 2.75) is 32.6 Å². The van der Waals surface area contributed by atoms with Gasteiger partial charge in [0.15, 0.2) is 0 Å². The summed E-state index contributed by atoms with van der Waals surface area (Å²) in [6.45, 7) is 2.23. The number of aryl methyl sites for hydroxylation is 1. The SMILES string of the molecule is CCCCCc1cccnc1.[Ca+2].[H-].[H-]. The standard InChI is InChI=1S/C10H15N.Ca.2H/c1-2-3-4-6-10-7-5-8-11-9-10;;;/h5,7-9H,2-4,6H2,1H3;;;/q;+2;2*-1. The third-order valence-corrected chi connectivity index (χ3v) is 1.79. The van der Waals surface area contributed by atoms with E-state index in [2.05, 4.69) is 18.0 Å². The third kappa shape index (κ3) is 5.13. The Morgan fingerprint density at radius 3 is 2.83 bits per heavy atom. The van der Waals surface area contributed by atoms with Crippen LogP contribution in [-0.4, -0.2) is 42.7 Å². The molecule has 0 aliphatic carbocycles.